The Balaban J connectivity index is 1.60. The Hall–Kier alpha value is -1.75. The number of rotatable bonds is 6. The van der Waals surface area contributed by atoms with Gasteiger partial charge in [0.15, 0.2) is 11.5 Å². The molecule has 1 aromatic carbocycles. The maximum Gasteiger partial charge on any atom is 0.222 e. The van der Waals surface area contributed by atoms with E-state index in [1.807, 2.05) is 17.0 Å². The van der Waals surface area contributed by atoms with Crippen molar-refractivity contribution in [2.75, 3.05) is 46.9 Å². The molecule has 2 heterocycles. The van der Waals surface area contributed by atoms with Gasteiger partial charge >= 0.3 is 0 Å². The van der Waals surface area contributed by atoms with E-state index in [9.17, 15) is 4.79 Å². The number of hydrogen-bond donors (Lipinski definition) is 0. The molecule has 0 aliphatic carbocycles. The van der Waals surface area contributed by atoms with Crippen LogP contribution in [-0.4, -0.2) is 62.7 Å². The Kier molecular flexibility index (Phi) is 5.06. The summed E-state index contributed by atoms with van der Waals surface area (Å²) in [4.78, 5) is 16.1. The molecule has 0 saturated carbocycles. The Morgan fingerprint density at radius 2 is 2.04 bits per heavy atom. The summed E-state index contributed by atoms with van der Waals surface area (Å²) in [6.45, 7) is 4.85. The predicted molar refractivity (Wildman–Crippen MR) is 89.2 cm³/mol. The van der Waals surface area contributed by atoms with E-state index < -0.39 is 0 Å². The van der Waals surface area contributed by atoms with Gasteiger partial charge in [-0.2, -0.15) is 0 Å². The summed E-state index contributed by atoms with van der Waals surface area (Å²) in [5.41, 5.74) is 1.23. The van der Waals surface area contributed by atoms with E-state index >= 15 is 0 Å². The SMILES string of the molecule is COc1cccc([C@H]2CCN(CCN3CCCC3=O)C2)c1OC. The van der Waals surface area contributed by atoms with Gasteiger partial charge in [-0.1, -0.05) is 12.1 Å². The van der Waals surface area contributed by atoms with E-state index in [4.69, 9.17) is 9.47 Å². The second-order valence-corrected chi connectivity index (χ2v) is 6.35. The van der Waals surface area contributed by atoms with Gasteiger partial charge in [0, 0.05) is 44.1 Å². The van der Waals surface area contributed by atoms with Gasteiger partial charge in [0.05, 0.1) is 14.2 Å². The third-order valence-electron chi connectivity index (χ3n) is 5.00. The maximum atomic E-state index is 11.7. The van der Waals surface area contributed by atoms with Crippen LogP contribution in [0.25, 0.3) is 0 Å². The van der Waals surface area contributed by atoms with Gasteiger partial charge < -0.3 is 19.3 Å². The van der Waals surface area contributed by atoms with E-state index in [1.54, 1.807) is 14.2 Å². The van der Waals surface area contributed by atoms with E-state index in [1.165, 1.54) is 5.56 Å². The summed E-state index contributed by atoms with van der Waals surface area (Å²) in [7, 11) is 3.38. The van der Waals surface area contributed by atoms with Crippen molar-refractivity contribution in [3.05, 3.63) is 23.8 Å². The smallest absolute Gasteiger partial charge is 0.222 e. The van der Waals surface area contributed by atoms with Crippen molar-refractivity contribution in [3.8, 4) is 11.5 Å². The summed E-state index contributed by atoms with van der Waals surface area (Å²) in [6, 6.07) is 6.11. The second-order valence-electron chi connectivity index (χ2n) is 6.35. The number of carbonyl (C=O) groups excluding carboxylic acids is 1. The zero-order chi connectivity index (χ0) is 16.2. The van der Waals surface area contributed by atoms with Crippen LogP contribution in [0.15, 0.2) is 18.2 Å². The molecular formula is C18H26N2O3. The van der Waals surface area contributed by atoms with Gasteiger partial charge in [-0.25, -0.2) is 0 Å². The molecule has 0 spiro atoms. The lowest BCUT2D eigenvalue weighted by Crippen LogP contribution is -2.34. The summed E-state index contributed by atoms with van der Waals surface area (Å²) >= 11 is 0. The lowest BCUT2D eigenvalue weighted by atomic mass is 9.97. The Labute approximate surface area is 138 Å². The molecule has 2 aliphatic heterocycles. The molecule has 2 aliphatic rings. The Morgan fingerprint density at radius 1 is 1.17 bits per heavy atom. The predicted octanol–water partition coefficient (Wildman–Crippen LogP) is 2.12. The zero-order valence-corrected chi connectivity index (χ0v) is 14.1. The van der Waals surface area contributed by atoms with E-state index in [2.05, 4.69) is 11.0 Å². The number of hydrogen-bond acceptors (Lipinski definition) is 4. The molecule has 2 saturated heterocycles. The van der Waals surface area contributed by atoms with Crippen molar-refractivity contribution in [1.82, 2.24) is 9.80 Å². The molecule has 1 atom stereocenters. The molecule has 0 aromatic heterocycles. The van der Waals surface area contributed by atoms with Gasteiger partial charge in [-0.3, -0.25) is 4.79 Å². The van der Waals surface area contributed by atoms with Crippen LogP contribution in [0.4, 0.5) is 0 Å². The molecule has 0 N–H and O–H groups in total. The first-order valence-corrected chi connectivity index (χ1v) is 8.44. The number of likely N-dealkylation sites (tertiary alicyclic amines) is 2. The van der Waals surface area contributed by atoms with Gasteiger partial charge in [0.25, 0.3) is 0 Å². The van der Waals surface area contributed by atoms with Crippen molar-refractivity contribution < 1.29 is 14.3 Å². The van der Waals surface area contributed by atoms with Crippen LogP contribution in [0, 0.1) is 0 Å². The first-order chi connectivity index (χ1) is 11.2. The van der Waals surface area contributed by atoms with Crippen LogP contribution in [0.1, 0.15) is 30.7 Å². The second kappa shape index (κ2) is 7.21. The molecule has 1 amide bonds. The molecule has 126 valence electrons. The van der Waals surface area contributed by atoms with Gasteiger partial charge in [-0.05, 0) is 25.5 Å². The number of carbonyl (C=O) groups is 1. The average molecular weight is 318 g/mol. The summed E-state index contributed by atoms with van der Waals surface area (Å²) in [5, 5.41) is 0. The van der Waals surface area contributed by atoms with Crippen LogP contribution < -0.4 is 9.47 Å². The molecule has 1 aromatic rings. The largest absolute Gasteiger partial charge is 0.493 e. The fourth-order valence-electron chi connectivity index (χ4n) is 3.73. The van der Waals surface area contributed by atoms with E-state index in [-0.39, 0.29) is 0 Å². The van der Waals surface area contributed by atoms with E-state index in [0.29, 0.717) is 11.8 Å². The molecule has 5 heteroatoms. The number of amides is 1. The molecular weight excluding hydrogens is 292 g/mol. The Bertz CT molecular complexity index is 561. The normalized spacial score (nSPS) is 21.9. The van der Waals surface area contributed by atoms with Crippen LogP contribution in [0.3, 0.4) is 0 Å². The minimum Gasteiger partial charge on any atom is -0.493 e. The Morgan fingerprint density at radius 3 is 2.74 bits per heavy atom. The maximum absolute atomic E-state index is 11.7. The van der Waals surface area contributed by atoms with Crippen LogP contribution in [0.2, 0.25) is 0 Å². The van der Waals surface area contributed by atoms with Gasteiger partial charge in [-0.15, -0.1) is 0 Å². The lowest BCUT2D eigenvalue weighted by Gasteiger charge is -2.22. The van der Waals surface area contributed by atoms with Crippen molar-refractivity contribution >= 4 is 5.91 Å². The van der Waals surface area contributed by atoms with Crippen molar-refractivity contribution in [1.29, 1.82) is 0 Å². The molecule has 0 radical (unpaired) electrons. The minimum absolute atomic E-state index is 0.315. The summed E-state index contributed by atoms with van der Waals surface area (Å²) in [6.07, 6.45) is 2.86. The standard InChI is InChI=1S/C18H26N2O3/c1-22-16-6-3-5-15(18(16)23-2)14-8-10-19(13-14)11-12-20-9-4-7-17(20)21/h3,5-6,14H,4,7-13H2,1-2H3/t14-/m0/s1. The number of ether oxygens (including phenoxy) is 2. The number of para-hydroxylation sites is 1. The quantitative estimate of drug-likeness (QED) is 0.806. The third kappa shape index (κ3) is 3.44. The monoisotopic (exact) mass is 318 g/mol. The molecule has 0 bridgehead atoms. The van der Waals surface area contributed by atoms with Crippen LogP contribution in [0.5, 0.6) is 11.5 Å². The lowest BCUT2D eigenvalue weighted by molar-refractivity contribution is -0.127. The van der Waals surface area contributed by atoms with Crippen molar-refractivity contribution in [2.45, 2.75) is 25.2 Å². The fourth-order valence-corrected chi connectivity index (χ4v) is 3.73. The highest BCUT2D eigenvalue weighted by Crippen LogP contribution is 2.39. The summed E-state index contributed by atoms with van der Waals surface area (Å²) < 4.78 is 11.0. The number of benzene rings is 1. The summed E-state index contributed by atoms with van der Waals surface area (Å²) in [5.74, 6) is 2.44. The molecule has 3 rings (SSSR count). The molecule has 5 nitrogen and oxygen atoms in total. The van der Waals surface area contributed by atoms with Crippen molar-refractivity contribution in [3.63, 3.8) is 0 Å². The first kappa shape index (κ1) is 16.1. The average Bonchev–Trinajstić information content (AvgIpc) is 3.21. The number of nitrogens with zero attached hydrogens (tertiary/aromatic N) is 2. The van der Waals surface area contributed by atoms with Crippen LogP contribution in [-0.2, 0) is 4.79 Å². The van der Waals surface area contributed by atoms with E-state index in [0.717, 1.165) is 63.5 Å². The molecule has 0 unspecified atom stereocenters. The number of methoxy groups -OCH3 is 2. The zero-order valence-electron chi connectivity index (χ0n) is 14.1. The molecule has 2 fully saturated rings. The highest BCUT2D eigenvalue weighted by molar-refractivity contribution is 5.78. The fraction of sp³-hybridized carbons (Fsp3) is 0.611. The van der Waals surface area contributed by atoms with Gasteiger partial charge in [0.1, 0.15) is 0 Å². The van der Waals surface area contributed by atoms with Crippen LogP contribution >= 0.6 is 0 Å². The first-order valence-electron chi connectivity index (χ1n) is 8.44. The van der Waals surface area contributed by atoms with Crippen molar-refractivity contribution in [2.24, 2.45) is 0 Å². The van der Waals surface area contributed by atoms with Gasteiger partial charge in [0.2, 0.25) is 5.91 Å². The third-order valence-corrected chi connectivity index (χ3v) is 5.00. The minimum atomic E-state index is 0.315. The highest BCUT2D eigenvalue weighted by Gasteiger charge is 2.28. The topological polar surface area (TPSA) is 42.0 Å². The molecule has 23 heavy (non-hydrogen) atoms. The highest BCUT2D eigenvalue weighted by atomic mass is 16.5.